The van der Waals surface area contributed by atoms with Crippen LogP contribution >= 0.6 is 0 Å². The fourth-order valence-electron chi connectivity index (χ4n) is 3.46. The number of aliphatic imine (C=N–C) groups is 1. The number of ether oxygens (including phenoxy) is 1. The van der Waals surface area contributed by atoms with Crippen molar-refractivity contribution in [2.45, 2.75) is 12.8 Å². The Morgan fingerprint density at radius 1 is 0.963 bits per heavy atom. The SMILES string of the molecule is COc1cccc(-c2ccccc2C=C2CCCN=C2c2cccnc2)c1. The molecule has 0 radical (unpaired) electrons. The number of aromatic nitrogens is 1. The molecule has 1 aromatic heterocycles. The zero-order valence-corrected chi connectivity index (χ0v) is 15.4. The van der Waals surface area contributed by atoms with Crippen molar-refractivity contribution in [3.05, 3.63) is 89.8 Å². The van der Waals surface area contributed by atoms with Gasteiger partial charge in [0.25, 0.3) is 0 Å². The van der Waals surface area contributed by atoms with E-state index in [4.69, 9.17) is 9.73 Å². The van der Waals surface area contributed by atoms with Gasteiger partial charge in [0.1, 0.15) is 5.75 Å². The lowest BCUT2D eigenvalue weighted by Gasteiger charge is -2.17. The Bertz CT molecular complexity index is 990. The number of nitrogens with zero attached hydrogens (tertiary/aromatic N) is 2. The van der Waals surface area contributed by atoms with Gasteiger partial charge in [-0.1, -0.05) is 36.4 Å². The number of rotatable bonds is 4. The van der Waals surface area contributed by atoms with Crippen molar-refractivity contribution in [3.8, 4) is 16.9 Å². The minimum absolute atomic E-state index is 0.866. The van der Waals surface area contributed by atoms with Crippen LogP contribution in [0.25, 0.3) is 17.2 Å². The second-order valence-corrected chi connectivity index (χ2v) is 6.56. The van der Waals surface area contributed by atoms with E-state index in [1.165, 1.54) is 16.7 Å². The van der Waals surface area contributed by atoms with Gasteiger partial charge in [0.05, 0.1) is 12.8 Å². The van der Waals surface area contributed by atoms with Crippen LogP contribution in [0.2, 0.25) is 0 Å². The van der Waals surface area contributed by atoms with E-state index in [-0.39, 0.29) is 0 Å². The van der Waals surface area contributed by atoms with Gasteiger partial charge in [-0.15, -0.1) is 0 Å². The largest absolute Gasteiger partial charge is 0.497 e. The molecule has 0 atom stereocenters. The van der Waals surface area contributed by atoms with Crippen LogP contribution < -0.4 is 4.74 Å². The summed E-state index contributed by atoms with van der Waals surface area (Å²) < 4.78 is 5.40. The van der Waals surface area contributed by atoms with Gasteiger partial charge >= 0.3 is 0 Å². The number of methoxy groups -OCH3 is 1. The molecular formula is C24H22N2O. The molecule has 0 spiro atoms. The number of allylic oxidation sites excluding steroid dienone is 1. The van der Waals surface area contributed by atoms with Crippen LogP contribution in [-0.4, -0.2) is 24.4 Å². The average Bonchev–Trinajstić information content (AvgIpc) is 2.75. The van der Waals surface area contributed by atoms with Crippen molar-refractivity contribution in [3.63, 3.8) is 0 Å². The summed E-state index contributed by atoms with van der Waals surface area (Å²) in [5.74, 6) is 0.866. The van der Waals surface area contributed by atoms with Crippen molar-refractivity contribution in [2.75, 3.05) is 13.7 Å². The summed E-state index contributed by atoms with van der Waals surface area (Å²) in [6, 6.07) is 20.7. The van der Waals surface area contributed by atoms with Gasteiger partial charge in [0, 0.05) is 24.5 Å². The van der Waals surface area contributed by atoms with Crippen molar-refractivity contribution in [1.29, 1.82) is 0 Å². The highest BCUT2D eigenvalue weighted by atomic mass is 16.5. The lowest BCUT2D eigenvalue weighted by molar-refractivity contribution is 0.415. The Morgan fingerprint density at radius 2 is 1.85 bits per heavy atom. The lowest BCUT2D eigenvalue weighted by Crippen LogP contribution is -2.12. The third-order valence-corrected chi connectivity index (χ3v) is 4.78. The molecule has 1 aliphatic rings. The van der Waals surface area contributed by atoms with E-state index in [2.05, 4.69) is 53.5 Å². The van der Waals surface area contributed by atoms with E-state index in [1.54, 1.807) is 13.3 Å². The van der Waals surface area contributed by atoms with Crippen LogP contribution in [0.15, 0.2) is 83.6 Å². The molecule has 134 valence electrons. The maximum absolute atomic E-state index is 5.40. The molecule has 2 heterocycles. The third kappa shape index (κ3) is 3.82. The van der Waals surface area contributed by atoms with Crippen molar-refractivity contribution in [2.24, 2.45) is 4.99 Å². The van der Waals surface area contributed by atoms with E-state index in [9.17, 15) is 0 Å². The fraction of sp³-hybridized carbons (Fsp3) is 0.167. The standard InChI is InChI=1S/C24H22N2O/c1-27-22-11-4-8-19(16-22)23-12-3-2-7-18(23)15-20-9-6-14-26-24(20)21-10-5-13-25-17-21/h2-5,7-8,10-13,15-17H,6,9,14H2,1H3. The van der Waals surface area contributed by atoms with Crippen LogP contribution in [0.3, 0.4) is 0 Å². The van der Waals surface area contributed by atoms with Crippen LogP contribution in [0.4, 0.5) is 0 Å². The van der Waals surface area contributed by atoms with Gasteiger partial charge in [-0.2, -0.15) is 0 Å². The monoisotopic (exact) mass is 354 g/mol. The summed E-state index contributed by atoms with van der Waals surface area (Å²) in [5.41, 5.74) is 6.96. The van der Waals surface area contributed by atoms with Gasteiger partial charge in [-0.25, -0.2) is 0 Å². The van der Waals surface area contributed by atoms with Crippen LogP contribution in [0.1, 0.15) is 24.0 Å². The van der Waals surface area contributed by atoms with Crippen molar-refractivity contribution in [1.82, 2.24) is 4.98 Å². The number of pyridine rings is 1. The van der Waals surface area contributed by atoms with Gasteiger partial charge in [0.2, 0.25) is 0 Å². The summed E-state index contributed by atoms with van der Waals surface area (Å²) in [5, 5.41) is 0. The molecule has 0 amide bonds. The van der Waals surface area contributed by atoms with Crippen molar-refractivity contribution < 1.29 is 4.74 Å². The number of hydrogen-bond donors (Lipinski definition) is 0. The smallest absolute Gasteiger partial charge is 0.119 e. The van der Waals surface area contributed by atoms with Gasteiger partial charge in [-0.05, 0) is 65.4 Å². The van der Waals surface area contributed by atoms with Gasteiger partial charge in [0.15, 0.2) is 0 Å². The minimum atomic E-state index is 0.866. The van der Waals surface area contributed by atoms with Gasteiger partial charge < -0.3 is 4.74 Å². The predicted octanol–water partition coefficient (Wildman–Crippen LogP) is 5.42. The third-order valence-electron chi connectivity index (χ3n) is 4.78. The molecule has 3 heteroatoms. The maximum Gasteiger partial charge on any atom is 0.119 e. The molecule has 0 unspecified atom stereocenters. The number of benzene rings is 2. The van der Waals surface area contributed by atoms with Gasteiger partial charge in [-0.3, -0.25) is 9.98 Å². The zero-order chi connectivity index (χ0) is 18.5. The Labute approximate surface area is 160 Å². The van der Waals surface area contributed by atoms with Crippen molar-refractivity contribution >= 4 is 11.8 Å². The first kappa shape index (κ1) is 17.2. The second kappa shape index (κ2) is 8.00. The molecule has 27 heavy (non-hydrogen) atoms. The van der Waals surface area contributed by atoms with E-state index in [1.807, 2.05) is 24.4 Å². The highest BCUT2D eigenvalue weighted by Gasteiger charge is 2.15. The molecule has 0 bridgehead atoms. The molecular weight excluding hydrogens is 332 g/mol. The fourth-order valence-corrected chi connectivity index (χ4v) is 3.46. The molecule has 3 nitrogen and oxygen atoms in total. The predicted molar refractivity (Wildman–Crippen MR) is 111 cm³/mol. The highest BCUT2D eigenvalue weighted by molar-refractivity contribution is 6.15. The first-order chi connectivity index (χ1) is 13.3. The quantitative estimate of drug-likeness (QED) is 0.626. The lowest BCUT2D eigenvalue weighted by atomic mass is 9.92. The van der Waals surface area contributed by atoms with Crippen LogP contribution in [0, 0.1) is 0 Å². The Kier molecular flexibility index (Phi) is 5.10. The topological polar surface area (TPSA) is 34.5 Å². The van der Waals surface area contributed by atoms with E-state index >= 15 is 0 Å². The Balaban J connectivity index is 1.77. The summed E-state index contributed by atoms with van der Waals surface area (Å²) in [6.45, 7) is 0.874. The number of hydrogen-bond acceptors (Lipinski definition) is 3. The summed E-state index contributed by atoms with van der Waals surface area (Å²) >= 11 is 0. The van der Waals surface area contributed by atoms with E-state index in [0.717, 1.165) is 42.0 Å². The zero-order valence-electron chi connectivity index (χ0n) is 15.4. The second-order valence-electron chi connectivity index (χ2n) is 6.56. The summed E-state index contributed by atoms with van der Waals surface area (Å²) in [4.78, 5) is 9.06. The molecule has 0 saturated heterocycles. The Hall–Kier alpha value is -3.20. The first-order valence-corrected chi connectivity index (χ1v) is 9.24. The maximum atomic E-state index is 5.40. The molecule has 0 fully saturated rings. The Morgan fingerprint density at radius 3 is 2.70 bits per heavy atom. The molecule has 3 aromatic rings. The van der Waals surface area contributed by atoms with E-state index < -0.39 is 0 Å². The molecule has 2 aromatic carbocycles. The van der Waals surface area contributed by atoms with E-state index in [0.29, 0.717) is 0 Å². The summed E-state index contributed by atoms with van der Waals surface area (Å²) in [6.07, 6.45) is 8.08. The summed E-state index contributed by atoms with van der Waals surface area (Å²) in [7, 11) is 1.70. The molecule has 0 aliphatic carbocycles. The molecule has 4 rings (SSSR count). The molecule has 0 N–H and O–H groups in total. The minimum Gasteiger partial charge on any atom is -0.497 e. The normalized spacial score (nSPS) is 15.4. The van der Waals surface area contributed by atoms with Crippen LogP contribution in [-0.2, 0) is 0 Å². The highest BCUT2D eigenvalue weighted by Crippen LogP contribution is 2.30. The molecule has 0 saturated carbocycles. The first-order valence-electron chi connectivity index (χ1n) is 9.24. The van der Waals surface area contributed by atoms with Crippen LogP contribution in [0.5, 0.6) is 5.75 Å². The average molecular weight is 354 g/mol. The molecule has 1 aliphatic heterocycles.